The van der Waals surface area contributed by atoms with Crippen molar-refractivity contribution in [1.82, 2.24) is 4.90 Å². The fourth-order valence-electron chi connectivity index (χ4n) is 4.31. The Hall–Kier alpha value is -2.08. The number of hydrogen-bond donors (Lipinski definition) is 2. The Labute approximate surface area is 161 Å². The predicted molar refractivity (Wildman–Crippen MR) is 103 cm³/mol. The van der Waals surface area contributed by atoms with Crippen molar-refractivity contribution in [1.29, 1.82) is 0 Å². The average Bonchev–Trinajstić information content (AvgIpc) is 2.70. The zero-order valence-electron chi connectivity index (χ0n) is 16.3. The summed E-state index contributed by atoms with van der Waals surface area (Å²) in [5, 5.41) is 0. The van der Waals surface area contributed by atoms with Crippen LogP contribution in [0, 0.1) is 11.8 Å². The van der Waals surface area contributed by atoms with Crippen molar-refractivity contribution in [2.75, 3.05) is 32.8 Å². The molecule has 6 heteroatoms. The molecule has 2 heterocycles. The van der Waals surface area contributed by atoms with Gasteiger partial charge in [-0.25, -0.2) is 0 Å². The quantitative estimate of drug-likeness (QED) is 0.766. The molecule has 3 N–H and O–H groups in total. The number of likely N-dealkylation sites (tertiary alicyclic amines) is 2. The van der Waals surface area contributed by atoms with E-state index in [1.807, 2.05) is 24.0 Å². The highest BCUT2D eigenvalue weighted by Crippen LogP contribution is 2.22. The molecule has 2 amide bonds. The second-order valence-corrected chi connectivity index (χ2v) is 7.74. The molecule has 148 valence electrons. The first-order chi connectivity index (χ1) is 13.1. The van der Waals surface area contributed by atoms with Crippen molar-refractivity contribution in [2.45, 2.75) is 39.2 Å². The summed E-state index contributed by atoms with van der Waals surface area (Å²) in [6.07, 6.45) is 3.28. The number of nitrogens with one attached hydrogen (secondary N) is 1. The molecule has 0 atom stereocenters. The molecule has 2 aliphatic heterocycles. The van der Waals surface area contributed by atoms with Gasteiger partial charge in [-0.3, -0.25) is 9.59 Å². The summed E-state index contributed by atoms with van der Waals surface area (Å²) in [7, 11) is 0. The maximum atomic E-state index is 12.8. The molecule has 0 bridgehead atoms. The van der Waals surface area contributed by atoms with E-state index >= 15 is 0 Å². The van der Waals surface area contributed by atoms with E-state index in [0.717, 1.165) is 38.2 Å². The van der Waals surface area contributed by atoms with Gasteiger partial charge >= 0.3 is 0 Å². The number of benzene rings is 1. The Balaban J connectivity index is 1.48. The van der Waals surface area contributed by atoms with E-state index in [0.29, 0.717) is 32.5 Å². The first-order valence-electron chi connectivity index (χ1n) is 10.2. The molecule has 0 radical (unpaired) electrons. The summed E-state index contributed by atoms with van der Waals surface area (Å²) in [5.41, 5.74) is 6.63. The molecule has 2 saturated heterocycles. The van der Waals surface area contributed by atoms with E-state index in [1.54, 1.807) is 0 Å². The SMILES string of the molecule is CCOc1ccccc1C[NH+]1CCC(C(=O)N2CCC(C(N)=O)CC2)CC1. The fraction of sp³-hybridized carbons (Fsp3) is 0.619. The van der Waals surface area contributed by atoms with Crippen LogP contribution in [-0.4, -0.2) is 49.5 Å². The number of hydrogen-bond acceptors (Lipinski definition) is 3. The van der Waals surface area contributed by atoms with Gasteiger partial charge in [0.15, 0.2) is 0 Å². The number of nitrogens with zero attached hydrogens (tertiary/aromatic N) is 1. The minimum atomic E-state index is -0.230. The number of carbonyl (C=O) groups is 2. The fourth-order valence-corrected chi connectivity index (χ4v) is 4.31. The summed E-state index contributed by atoms with van der Waals surface area (Å²) < 4.78 is 5.74. The number of amides is 2. The Bertz CT molecular complexity index is 648. The van der Waals surface area contributed by atoms with E-state index in [9.17, 15) is 9.59 Å². The molecule has 0 saturated carbocycles. The number of ether oxygens (including phenoxy) is 1. The highest BCUT2D eigenvalue weighted by atomic mass is 16.5. The summed E-state index contributed by atoms with van der Waals surface area (Å²) in [6, 6.07) is 8.24. The molecule has 2 aliphatic rings. The highest BCUT2D eigenvalue weighted by Gasteiger charge is 2.33. The molecular weight excluding hydrogens is 342 g/mol. The van der Waals surface area contributed by atoms with Crippen LogP contribution in [0.25, 0.3) is 0 Å². The lowest BCUT2D eigenvalue weighted by atomic mass is 9.91. The highest BCUT2D eigenvalue weighted by molar-refractivity contribution is 5.80. The van der Waals surface area contributed by atoms with Crippen LogP contribution in [0.15, 0.2) is 24.3 Å². The van der Waals surface area contributed by atoms with Crippen molar-refractivity contribution < 1.29 is 19.2 Å². The van der Waals surface area contributed by atoms with E-state index in [-0.39, 0.29) is 23.7 Å². The lowest BCUT2D eigenvalue weighted by Gasteiger charge is -2.35. The van der Waals surface area contributed by atoms with Gasteiger partial charge in [0, 0.05) is 43.3 Å². The third-order valence-electron chi connectivity index (χ3n) is 5.96. The van der Waals surface area contributed by atoms with Crippen LogP contribution in [0.2, 0.25) is 0 Å². The Kier molecular flexibility index (Phi) is 6.72. The Morgan fingerprint density at radius 3 is 2.41 bits per heavy atom. The van der Waals surface area contributed by atoms with Gasteiger partial charge in [0.05, 0.1) is 19.7 Å². The summed E-state index contributed by atoms with van der Waals surface area (Å²) in [4.78, 5) is 27.6. The first-order valence-corrected chi connectivity index (χ1v) is 10.2. The number of para-hydroxylation sites is 1. The van der Waals surface area contributed by atoms with E-state index in [4.69, 9.17) is 10.5 Å². The van der Waals surface area contributed by atoms with Crippen LogP contribution in [-0.2, 0) is 16.1 Å². The number of carbonyl (C=O) groups excluding carboxylic acids is 2. The minimum absolute atomic E-state index is 0.0641. The van der Waals surface area contributed by atoms with Crippen molar-refractivity contribution >= 4 is 11.8 Å². The molecule has 1 aromatic carbocycles. The summed E-state index contributed by atoms with van der Waals surface area (Å²) in [6.45, 7) is 6.98. The van der Waals surface area contributed by atoms with Gasteiger partial charge < -0.3 is 20.3 Å². The van der Waals surface area contributed by atoms with Gasteiger partial charge in [-0.15, -0.1) is 0 Å². The molecule has 1 aromatic rings. The smallest absolute Gasteiger partial charge is 0.226 e. The Morgan fingerprint density at radius 2 is 1.78 bits per heavy atom. The van der Waals surface area contributed by atoms with E-state index < -0.39 is 0 Å². The number of primary amides is 1. The number of rotatable bonds is 6. The van der Waals surface area contributed by atoms with Crippen LogP contribution >= 0.6 is 0 Å². The molecule has 0 aromatic heterocycles. The maximum Gasteiger partial charge on any atom is 0.226 e. The first kappa shape index (κ1) is 19.7. The van der Waals surface area contributed by atoms with Gasteiger partial charge in [0.25, 0.3) is 0 Å². The lowest BCUT2D eigenvalue weighted by molar-refractivity contribution is -0.919. The zero-order valence-corrected chi connectivity index (χ0v) is 16.3. The molecule has 0 spiro atoms. The van der Waals surface area contributed by atoms with Crippen LogP contribution in [0.3, 0.4) is 0 Å². The summed E-state index contributed by atoms with van der Waals surface area (Å²) in [5.74, 6) is 1.08. The average molecular weight is 375 g/mol. The third-order valence-corrected chi connectivity index (χ3v) is 5.96. The van der Waals surface area contributed by atoms with Gasteiger partial charge in [0.1, 0.15) is 12.3 Å². The molecule has 0 unspecified atom stereocenters. The topological polar surface area (TPSA) is 77.1 Å². The maximum absolute atomic E-state index is 12.8. The molecule has 2 fully saturated rings. The minimum Gasteiger partial charge on any atom is -0.493 e. The molecule has 6 nitrogen and oxygen atoms in total. The molecule has 27 heavy (non-hydrogen) atoms. The molecule has 0 aliphatic carbocycles. The van der Waals surface area contributed by atoms with Gasteiger partial charge in [-0.2, -0.15) is 0 Å². The Morgan fingerprint density at radius 1 is 1.11 bits per heavy atom. The van der Waals surface area contributed by atoms with Gasteiger partial charge in [-0.1, -0.05) is 12.1 Å². The number of quaternary nitrogens is 1. The lowest BCUT2D eigenvalue weighted by Crippen LogP contribution is -3.11. The van der Waals surface area contributed by atoms with Crippen molar-refractivity contribution in [3.8, 4) is 5.75 Å². The number of nitrogens with two attached hydrogens (primary N) is 1. The molecule has 3 rings (SSSR count). The van der Waals surface area contributed by atoms with E-state index in [1.165, 1.54) is 10.5 Å². The van der Waals surface area contributed by atoms with E-state index in [2.05, 4.69) is 12.1 Å². The molecular formula is C21H32N3O3+. The van der Waals surface area contributed by atoms with Crippen LogP contribution in [0.1, 0.15) is 38.2 Å². The van der Waals surface area contributed by atoms with Crippen molar-refractivity contribution in [3.63, 3.8) is 0 Å². The second-order valence-electron chi connectivity index (χ2n) is 7.74. The van der Waals surface area contributed by atoms with Crippen LogP contribution in [0.4, 0.5) is 0 Å². The zero-order chi connectivity index (χ0) is 19.2. The standard InChI is InChI=1S/C21H31N3O3/c1-2-27-19-6-4-3-5-18(19)15-23-11-7-17(8-12-23)21(26)24-13-9-16(10-14-24)20(22)25/h3-6,16-17H,2,7-15H2,1H3,(H2,22,25)/p+1. The number of piperidine rings is 2. The predicted octanol–water partition coefficient (Wildman–Crippen LogP) is 0.604. The van der Waals surface area contributed by atoms with Gasteiger partial charge in [-0.05, 0) is 31.9 Å². The summed E-state index contributed by atoms with van der Waals surface area (Å²) >= 11 is 0. The van der Waals surface area contributed by atoms with Crippen molar-refractivity contribution in [2.24, 2.45) is 17.6 Å². The second kappa shape index (κ2) is 9.22. The normalized spacial score (nSPS) is 23.8. The largest absolute Gasteiger partial charge is 0.493 e. The van der Waals surface area contributed by atoms with Crippen LogP contribution in [0.5, 0.6) is 5.75 Å². The van der Waals surface area contributed by atoms with Gasteiger partial charge in [0.2, 0.25) is 11.8 Å². The van der Waals surface area contributed by atoms with Crippen molar-refractivity contribution in [3.05, 3.63) is 29.8 Å². The third kappa shape index (κ3) is 5.01. The van der Waals surface area contributed by atoms with Crippen LogP contribution < -0.4 is 15.4 Å². The monoisotopic (exact) mass is 374 g/mol.